The summed E-state index contributed by atoms with van der Waals surface area (Å²) in [6.45, 7) is 0. The number of nitro groups is 1. The van der Waals surface area contributed by atoms with Crippen molar-refractivity contribution in [2.45, 2.75) is 24.9 Å². The Balaban J connectivity index is 1.76. The van der Waals surface area contributed by atoms with Crippen LogP contribution in [0, 0.1) is 10.1 Å². The number of nitro benzene ring substituents is 1. The zero-order chi connectivity index (χ0) is 12.7. The van der Waals surface area contributed by atoms with Crippen LogP contribution in [0.1, 0.15) is 23.2 Å². The van der Waals surface area contributed by atoms with Gasteiger partial charge in [0.15, 0.2) is 0 Å². The fourth-order valence-corrected chi connectivity index (χ4v) is 2.52. The van der Waals surface area contributed by atoms with Crippen molar-refractivity contribution in [1.29, 1.82) is 0 Å². The van der Waals surface area contributed by atoms with Crippen molar-refractivity contribution >= 4 is 11.6 Å². The molecule has 1 heterocycles. The number of fused-ring (bicyclic) bond motifs is 1. The summed E-state index contributed by atoms with van der Waals surface area (Å²) >= 11 is 0. The van der Waals surface area contributed by atoms with Crippen LogP contribution in [-0.2, 0) is 0 Å². The summed E-state index contributed by atoms with van der Waals surface area (Å²) in [5, 5.41) is 10.5. The van der Waals surface area contributed by atoms with Gasteiger partial charge in [0.2, 0.25) is 0 Å². The Morgan fingerprint density at radius 3 is 2.22 bits per heavy atom. The van der Waals surface area contributed by atoms with Crippen LogP contribution in [0.15, 0.2) is 36.4 Å². The molecular weight excluding hydrogens is 232 g/mol. The van der Waals surface area contributed by atoms with E-state index in [1.165, 1.54) is 24.3 Å². The summed E-state index contributed by atoms with van der Waals surface area (Å²) < 4.78 is 0. The summed E-state index contributed by atoms with van der Waals surface area (Å²) in [7, 11) is 0. The summed E-state index contributed by atoms with van der Waals surface area (Å²) in [6, 6.07) is 6.46. The van der Waals surface area contributed by atoms with Crippen LogP contribution in [0.5, 0.6) is 0 Å². The lowest BCUT2D eigenvalue weighted by Gasteiger charge is -2.03. The molecule has 2 aliphatic rings. The third kappa shape index (κ3) is 1.68. The lowest BCUT2D eigenvalue weighted by Crippen LogP contribution is -2.14. The fourth-order valence-electron chi connectivity index (χ4n) is 2.52. The number of carbonyl (C=O) groups excluding carboxylic acids is 1. The van der Waals surface area contributed by atoms with E-state index in [2.05, 4.69) is 12.2 Å². The SMILES string of the molecule is O=C(c1ccc([N+](=O)[O-])cc1)N1[C@@H]2CC=CC[C@@H]21. The van der Waals surface area contributed by atoms with Crippen molar-refractivity contribution in [2.24, 2.45) is 0 Å². The molecule has 1 amide bonds. The van der Waals surface area contributed by atoms with Gasteiger partial charge >= 0.3 is 0 Å². The van der Waals surface area contributed by atoms with Crippen molar-refractivity contribution in [2.75, 3.05) is 0 Å². The normalized spacial score (nSPS) is 24.6. The van der Waals surface area contributed by atoms with Gasteiger partial charge in [0.1, 0.15) is 0 Å². The van der Waals surface area contributed by atoms with Crippen molar-refractivity contribution in [3.63, 3.8) is 0 Å². The molecule has 0 N–H and O–H groups in total. The van der Waals surface area contributed by atoms with E-state index in [0.717, 1.165) is 12.8 Å². The minimum atomic E-state index is -0.463. The highest BCUT2D eigenvalue weighted by Crippen LogP contribution is 2.38. The van der Waals surface area contributed by atoms with Crippen LogP contribution >= 0.6 is 0 Å². The molecule has 1 fully saturated rings. The molecule has 1 aromatic carbocycles. The van der Waals surface area contributed by atoms with Gasteiger partial charge in [-0.05, 0) is 25.0 Å². The van der Waals surface area contributed by atoms with E-state index in [4.69, 9.17) is 0 Å². The molecule has 0 spiro atoms. The first-order valence-corrected chi connectivity index (χ1v) is 5.90. The van der Waals surface area contributed by atoms with E-state index in [1.807, 2.05) is 4.90 Å². The van der Waals surface area contributed by atoms with Gasteiger partial charge < -0.3 is 4.90 Å². The second-order valence-corrected chi connectivity index (χ2v) is 4.59. The van der Waals surface area contributed by atoms with E-state index in [0.29, 0.717) is 17.6 Å². The summed E-state index contributed by atoms with van der Waals surface area (Å²) in [6.07, 6.45) is 6.04. The minimum absolute atomic E-state index is 0.0106. The van der Waals surface area contributed by atoms with Gasteiger partial charge in [-0.15, -0.1) is 0 Å². The molecule has 0 unspecified atom stereocenters. The number of hydrogen-bond donors (Lipinski definition) is 0. The van der Waals surface area contributed by atoms with E-state index in [9.17, 15) is 14.9 Å². The van der Waals surface area contributed by atoms with Gasteiger partial charge in [-0.3, -0.25) is 14.9 Å². The molecule has 2 atom stereocenters. The average molecular weight is 244 g/mol. The molecule has 1 aliphatic carbocycles. The second-order valence-electron chi connectivity index (χ2n) is 4.59. The average Bonchev–Trinajstić information content (AvgIpc) is 3.12. The topological polar surface area (TPSA) is 63.2 Å². The zero-order valence-corrected chi connectivity index (χ0v) is 9.65. The van der Waals surface area contributed by atoms with Crippen molar-refractivity contribution in [1.82, 2.24) is 4.90 Å². The van der Waals surface area contributed by atoms with Crippen LogP contribution in [-0.4, -0.2) is 27.8 Å². The summed E-state index contributed by atoms with van der Waals surface area (Å²) in [5.41, 5.74) is 0.534. The van der Waals surface area contributed by atoms with Crippen molar-refractivity contribution < 1.29 is 9.72 Å². The monoisotopic (exact) mass is 244 g/mol. The molecule has 0 aromatic heterocycles. The van der Waals surface area contributed by atoms with Gasteiger partial charge in [-0.25, -0.2) is 0 Å². The van der Waals surface area contributed by atoms with Crippen LogP contribution in [0.4, 0.5) is 5.69 Å². The Morgan fingerprint density at radius 1 is 1.17 bits per heavy atom. The first-order valence-electron chi connectivity index (χ1n) is 5.90. The molecule has 92 valence electrons. The predicted molar refractivity (Wildman–Crippen MR) is 65.2 cm³/mol. The Labute approximate surface area is 104 Å². The molecule has 0 bridgehead atoms. The molecule has 0 radical (unpaired) electrons. The molecule has 1 aliphatic heterocycles. The minimum Gasteiger partial charge on any atom is -0.328 e. The van der Waals surface area contributed by atoms with Crippen molar-refractivity contribution in [3.05, 3.63) is 52.1 Å². The Kier molecular flexibility index (Phi) is 2.40. The maximum Gasteiger partial charge on any atom is 0.269 e. The third-order valence-corrected chi connectivity index (χ3v) is 3.55. The first-order chi connectivity index (χ1) is 8.68. The van der Waals surface area contributed by atoms with E-state index in [-0.39, 0.29) is 11.6 Å². The maximum absolute atomic E-state index is 12.2. The van der Waals surface area contributed by atoms with E-state index < -0.39 is 4.92 Å². The molecule has 1 saturated heterocycles. The molecular formula is C13H12N2O3. The highest BCUT2D eigenvalue weighted by molar-refractivity contribution is 5.96. The van der Waals surface area contributed by atoms with E-state index in [1.54, 1.807) is 0 Å². The van der Waals surface area contributed by atoms with Crippen LogP contribution in [0.3, 0.4) is 0 Å². The number of amides is 1. The van der Waals surface area contributed by atoms with Crippen molar-refractivity contribution in [3.8, 4) is 0 Å². The van der Waals surface area contributed by atoms with Gasteiger partial charge in [-0.2, -0.15) is 0 Å². The fraction of sp³-hybridized carbons (Fsp3) is 0.308. The van der Waals surface area contributed by atoms with Crippen LogP contribution in [0.2, 0.25) is 0 Å². The van der Waals surface area contributed by atoms with Gasteiger partial charge in [0, 0.05) is 17.7 Å². The Hall–Kier alpha value is -2.17. The quantitative estimate of drug-likeness (QED) is 0.346. The van der Waals surface area contributed by atoms with E-state index >= 15 is 0 Å². The number of rotatable bonds is 2. The Morgan fingerprint density at radius 2 is 1.72 bits per heavy atom. The largest absolute Gasteiger partial charge is 0.328 e. The summed E-state index contributed by atoms with van der Waals surface area (Å²) in [4.78, 5) is 24.1. The molecule has 3 rings (SSSR count). The lowest BCUT2D eigenvalue weighted by atomic mass is 10.1. The molecule has 1 aromatic rings. The van der Waals surface area contributed by atoms with Gasteiger partial charge in [-0.1, -0.05) is 12.2 Å². The molecule has 0 saturated carbocycles. The number of hydrogen-bond acceptors (Lipinski definition) is 3. The number of nitrogens with zero attached hydrogens (tertiary/aromatic N) is 2. The maximum atomic E-state index is 12.2. The first kappa shape index (κ1) is 11.0. The smallest absolute Gasteiger partial charge is 0.269 e. The van der Waals surface area contributed by atoms with Crippen LogP contribution < -0.4 is 0 Å². The number of carbonyl (C=O) groups is 1. The highest BCUT2D eigenvalue weighted by Gasteiger charge is 2.50. The lowest BCUT2D eigenvalue weighted by molar-refractivity contribution is -0.384. The molecule has 18 heavy (non-hydrogen) atoms. The Bertz CT molecular complexity index is 522. The summed E-state index contributed by atoms with van der Waals surface area (Å²) in [5.74, 6) is -0.0244. The second kappa shape index (κ2) is 3.94. The molecule has 5 nitrogen and oxygen atoms in total. The zero-order valence-electron chi connectivity index (χ0n) is 9.65. The van der Waals surface area contributed by atoms with Crippen LogP contribution in [0.25, 0.3) is 0 Å². The number of benzene rings is 1. The third-order valence-electron chi connectivity index (χ3n) is 3.55. The predicted octanol–water partition coefficient (Wildman–Crippen LogP) is 2.14. The van der Waals surface area contributed by atoms with Gasteiger partial charge in [0.05, 0.1) is 17.0 Å². The van der Waals surface area contributed by atoms with Gasteiger partial charge in [0.25, 0.3) is 11.6 Å². The number of non-ortho nitro benzene ring substituents is 1. The standard InChI is InChI=1S/C13H12N2O3/c16-13(14-11-3-1-2-4-12(11)14)9-5-7-10(8-6-9)15(17)18/h1-2,5-8,11-12H,3-4H2/t11-,12+,14?. The molecule has 5 heteroatoms. The highest BCUT2D eigenvalue weighted by atomic mass is 16.6.